The van der Waals surface area contributed by atoms with Gasteiger partial charge in [0.2, 0.25) is 0 Å². The van der Waals surface area contributed by atoms with E-state index in [4.69, 9.17) is 4.74 Å². The van der Waals surface area contributed by atoms with Crippen molar-refractivity contribution >= 4 is 26.9 Å². The zero-order valence-electron chi connectivity index (χ0n) is 24.0. The summed E-state index contributed by atoms with van der Waals surface area (Å²) in [7, 11) is -4.63. The molecule has 41 heavy (non-hydrogen) atoms. The maximum Gasteiger partial charge on any atom is 0.344 e. The lowest BCUT2D eigenvalue weighted by Crippen LogP contribution is -2.21. The molecule has 3 aliphatic carbocycles. The SMILES string of the molecule is O=C(Oc1ccc(S(=O)(=O)[O-])c2c1CCCCCC2)c1c(C2CCCCC2)cc2ccccc2c1C1CCCCC1. The summed E-state index contributed by atoms with van der Waals surface area (Å²) in [5, 5.41) is 2.34. The smallest absolute Gasteiger partial charge is 0.344 e. The monoisotopic (exact) mass is 573 g/mol. The number of carbonyl (C=O) groups excluding carboxylic acids is 1. The van der Waals surface area contributed by atoms with Crippen LogP contribution >= 0.6 is 0 Å². The topological polar surface area (TPSA) is 83.5 Å². The molecular formula is C35H41O5S-. The Morgan fingerprint density at radius 2 is 1.34 bits per heavy atom. The van der Waals surface area contributed by atoms with Gasteiger partial charge in [-0.1, -0.05) is 75.6 Å². The first-order valence-electron chi connectivity index (χ1n) is 15.8. The Morgan fingerprint density at radius 1 is 0.732 bits per heavy atom. The van der Waals surface area contributed by atoms with Gasteiger partial charge in [0.05, 0.1) is 10.5 Å². The molecule has 3 aromatic rings. The van der Waals surface area contributed by atoms with Crippen LogP contribution in [-0.4, -0.2) is 18.9 Å². The Hall–Kier alpha value is -2.70. The van der Waals surface area contributed by atoms with Gasteiger partial charge < -0.3 is 9.29 Å². The third kappa shape index (κ3) is 5.96. The molecule has 0 amide bonds. The first-order valence-corrected chi connectivity index (χ1v) is 17.2. The fourth-order valence-electron chi connectivity index (χ4n) is 7.81. The number of fused-ring (bicyclic) bond motifs is 2. The summed E-state index contributed by atoms with van der Waals surface area (Å²) in [6.07, 6.45) is 16.3. The standard InChI is InChI=1S/C35H42O5S/c36-35(40-31-21-22-32(41(37,38)39)29-20-10-2-1-9-19-28(29)31)34-30(24-13-5-3-6-14-24)23-26-17-11-12-18-27(26)33(34)25-15-7-4-8-16-25/h11-12,17-18,21-25H,1-10,13-16,19-20H2,(H,37,38,39)/p-1. The minimum absolute atomic E-state index is 0.161. The van der Waals surface area contributed by atoms with E-state index in [2.05, 4.69) is 30.3 Å². The van der Waals surface area contributed by atoms with E-state index >= 15 is 0 Å². The van der Waals surface area contributed by atoms with Crippen molar-refractivity contribution in [1.29, 1.82) is 0 Å². The summed E-state index contributed by atoms with van der Waals surface area (Å²) in [5.74, 6) is 0.718. The van der Waals surface area contributed by atoms with Crippen LogP contribution in [0.4, 0.5) is 0 Å². The van der Waals surface area contributed by atoms with Crippen LogP contribution in [0.1, 0.15) is 134 Å². The zero-order valence-corrected chi connectivity index (χ0v) is 24.8. The summed E-state index contributed by atoms with van der Waals surface area (Å²) in [4.78, 5) is 14.3. The van der Waals surface area contributed by atoms with Crippen LogP contribution in [0, 0.1) is 0 Å². The van der Waals surface area contributed by atoms with Gasteiger partial charge in [0.15, 0.2) is 0 Å². The fourth-order valence-corrected chi connectivity index (χ4v) is 8.57. The van der Waals surface area contributed by atoms with Crippen LogP contribution in [0.5, 0.6) is 5.75 Å². The van der Waals surface area contributed by atoms with Gasteiger partial charge in [0.25, 0.3) is 0 Å². The normalized spacial score (nSPS) is 19.3. The van der Waals surface area contributed by atoms with Crippen molar-refractivity contribution in [3.8, 4) is 5.75 Å². The number of benzene rings is 3. The molecule has 5 nitrogen and oxygen atoms in total. The van der Waals surface area contributed by atoms with Crippen molar-refractivity contribution in [2.75, 3.05) is 0 Å². The van der Waals surface area contributed by atoms with Gasteiger partial charge in [0.1, 0.15) is 15.9 Å². The van der Waals surface area contributed by atoms with Gasteiger partial charge in [0, 0.05) is 0 Å². The second-order valence-corrected chi connectivity index (χ2v) is 13.8. The Kier molecular flexibility index (Phi) is 8.50. The summed E-state index contributed by atoms with van der Waals surface area (Å²) in [6.45, 7) is 0. The lowest BCUT2D eigenvalue weighted by molar-refractivity contribution is 0.0728. The zero-order chi connectivity index (χ0) is 28.4. The number of ether oxygens (including phenoxy) is 1. The van der Waals surface area contributed by atoms with Gasteiger partial charge in [-0.25, -0.2) is 13.2 Å². The molecule has 0 atom stereocenters. The third-order valence-electron chi connectivity index (χ3n) is 9.80. The molecule has 3 aromatic carbocycles. The van der Waals surface area contributed by atoms with Crippen LogP contribution in [0.15, 0.2) is 47.4 Å². The molecule has 6 rings (SSSR count). The van der Waals surface area contributed by atoms with Gasteiger partial charge in [-0.3, -0.25) is 0 Å². The molecular weight excluding hydrogens is 532 g/mol. The lowest BCUT2D eigenvalue weighted by Gasteiger charge is -2.30. The van der Waals surface area contributed by atoms with Crippen molar-refractivity contribution in [3.05, 3.63) is 70.3 Å². The maximum absolute atomic E-state index is 14.5. The average Bonchev–Trinajstić information content (AvgIpc) is 2.97. The van der Waals surface area contributed by atoms with Crippen molar-refractivity contribution < 1.29 is 22.5 Å². The molecule has 3 aliphatic rings. The maximum atomic E-state index is 14.5. The predicted octanol–water partition coefficient (Wildman–Crippen LogP) is 8.72. The minimum Gasteiger partial charge on any atom is -0.744 e. The van der Waals surface area contributed by atoms with E-state index in [0.717, 1.165) is 73.4 Å². The van der Waals surface area contributed by atoms with Gasteiger partial charge >= 0.3 is 5.97 Å². The summed E-state index contributed by atoms with van der Waals surface area (Å²) >= 11 is 0. The van der Waals surface area contributed by atoms with Crippen LogP contribution in [0.2, 0.25) is 0 Å². The number of esters is 1. The molecule has 0 aromatic heterocycles. The number of hydrogen-bond acceptors (Lipinski definition) is 5. The Morgan fingerprint density at radius 3 is 2.02 bits per heavy atom. The van der Waals surface area contributed by atoms with Crippen LogP contribution in [0.25, 0.3) is 10.8 Å². The summed E-state index contributed by atoms with van der Waals surface area (Å²) in [5.41, 5.74) is 4.27. The largest absolute Gasteiger partial charge is 0.744 e. The summed E-state index contributed by atoms with van der Waals surface area (Å²) < 4.78 is 42.8. The number of hydrogen-bond donors (Lipinski definition) is 0. The molecule has 0 saturated heterocycles. The summed E-state index contributed by atoms with van der Waals surface area (Å²) in [6, 6.07) is 13.6. The highest BCUT2D eigenvalue weighted by Gasteiger charge is 2.32. The molecule has 218 valence electrons. The Bertz CT molecular complexity index is 1530. The second-order valence-electron chi connectivity index (χ2n) is 12.4. The quantitative estimate of drug-likeness (QED) is 0.173. The molecule has 0 aliphatic heterocycles. The van der Waals surface area contributed by atoms with Gasteiger partial charge in [-0.15, -0.1) is 0 Å². The molecule has 0 N–H and O–H groups in total. The van der Waals surface area contributed by atoms with Crippen LogP contribution < -0.4 is 4.74 Å². The second kappa shape index (κ2) is 12.3. The van der Waals surface area contributed by atoms with E-state index in [-0.39, 0.29) is 10.9 Å². The van der Waals surface area contributed by atoms with Crippen LogP contribution in [-0.2, 0) is 23.0 Å². The molecule has 2 saturated carbocycles. The number of rotatable bonds is 5. The molecule has 0 spiro atoms. The molecule has 2 fully saturated rings. The van der Waals surface area contributed by atoms with E-state index in [1.165, 1.54) is 50.0 Å². The highest BCUT2D eigenvalue weighted by atomic mass is 32.2. The Balaban J connectivity index is 1.50. The first-order chi connectivity index (χ1) is 19.9. The van der Waals surface area contributed by atoms with Crippen molar-refractivity contribution in [1.82, 2.24) is 0 Å². The molecule has 6 heteroatoms. The fraction of sp³-hybridized carbons (Fsp3) is 0.514. The molecule has 0 unspecified atom stereocenters. The highest BCUT2D eigenvalue weighted by molar-refractivity contribution is 7.85. The minimum atomic E-state index is -4.63. The molecule has 0 radical (unpaired) electrons. The highest BCUT2D eigenvalue weighted by Crippen LogP contribution is 2.45. The van der Waals surface area contributed by atoms with E-state index in [1.54, 1.807) is 6.07 Å². The van der Waals surface area contributed by atoms with Crippen molar-refractivity contribution in [2.45, 2.75) is 119 Å². The average molecular weight is 574 g/mol. The van der Waals surface area contributed by atoms with E-state index in [1.807, 2.05) is 0 Å². The van der Waals surface area contributed by atoms with E-state index in [9.17, 15) is 17.8 Å². The molecule has 0 heterocycles. The van der Waals surface area contributed by atoms with E-state index in [0.29, 0.717) is 41.6 Å². The number of carbonyl (C=O) groups is 1. The van der Waals surface area contributed by atoms with E-state index < -0.39 is 10.1 Å². The van der Waals surface area contributed by atoms with Crippen molar-refractivity contribution in [3.63, 3.8) is 0 Å². The predicted molar refractivity (Wildman–Crippen MR) is 161 cm³/mol. The third-order valence-corrected chi connectivity index (χ3v) is 10.7. The van der Waals surface area contributed by atoms with Gasteiger partial charge in [-0.05, 0) is 114 Å². The first kappa shape index (κ1) is 28.4. The van der Waals surface area contributed by atoms with Crippen LogP contribution in [0.3, 0.4) is 0 Å². The molecule has 0 bridgehead atoms. The lowest BCUT2D eigenvalue weighted by atomic mass is 9.74. The Labute approximate surface area is 244 Å². The van der Waals surface area contributed by atoms with Gasteiger partial charge in [-0.2, -0.15) is 0 Å². The van der Waals surface area contributed by atoms with Crippen molar-refractivity contribution in [2.24, 2.45) is 0 Å².